The molecule has 2 aromatic carbocycles. The van der Waals surface area contributed by atoms with Gasteiger partial charge in [0.1, 0.15) is 10.6 Å². The smallest absolute Gasteiger partial charge is 0.404 e. The first kappa shape index (κ1) is 21.5. The summed E-state index contributed by atoms with van der Waals surface area (Å²) < 4.78 is 68.5. The van der Waals surface area contributed by atoms with Gasteiger partial charge in [-0.05, 0) is 17.7 Å². The highest BCUT2D eigenvalue weighted by molar-refractivity contribution is 7.89. The number of nitrogens with zero attached hydrogens (tertiary/aromatic N) is 1. The van der Waals surface area contributed by atoms with Crippen LogP contribution < -0.4 is 10.5 Å². The van der Waals surface area contributed by atoms with Crippen LogP contribution in [-0.2, 0) is 10.0 Å². The molecule has 0 amide bonds. The summed E-state index contributed by atoms with van der Waals surface area (Å²) in [7, 11) is -4.19. The first-order chi connectivity index (χ1) is 12.2. The molecule has 1 aliphatic rings. The molecule has 1 fully saturated rings. The second kappa shape index (κ2) is 8.05. The van der Waals surface area contributed by atoms with Crippen molar-refractivity contribution in [3.8, 4) is 5.75 Å². The Bertz CT molecular complexity index is 878. The van der Waals surface area contributed by atoms with Crippen molar-refractivity contribution in [1.82, 2.24) is 4.31 Å². The van der Waals surface area contributed by atoms with E-state index in [0.29, 0.717) is 0 Å². The van der Waals surface area contributed by atoms with Gasteiger partial charge in [-0.2, -0.15) is 4.31 Å². The number of hydrogen-bond donors (Lipinski definition) is 1. The highest BCUT2D eigenvalue weighted by Crippen LogP contribution is 2.35. The Morgan fingerprint density at radius 2 is 1.59 bits per heavy atom. The first-order valence-electron chi connectivity index (χ1n) is 7.84. The summed E-state index contributed by atoms with van der Waals surface area (Å²) in [6.07, 6.45) is -4.99. The van der Waals surface area contributed by atoms with Crippen molar-refractivity contribution in [2.24, 2.45) is 5.73 Å². The predicted molar refractivity (Wildman–Crippen MR) is 96.3 cm³/mol. The monoisotopic (exact) mass is 422 g/mol. The van der Waals surface area contributed by atoms with Crippen molar-refractivity contribution in [3.05, 3.63) is 60.2 Å². The zero-order chi connectivity index (χ0) is 18.9. The fourth-order valence-electron chi connectivity index (χ4n) is 3.05. The van der Waals surface area contributed by atoms with Crippen LogP contribution >= 0.6 is 12.4 Å². The number of nitrogens with two attached hydrogens (primary N) is 1. The molecule has 1 aliphatic heterocycles. The van der Waals surface area contributed by atoms with E-state index in [1.165, 1.54) is 12.1 Å². The summed E-state index contributed by atoms with van der Waals surface area (Å²) in [5.74, 6) is -0.988. The van der Waals surface area contributed by atoms with Gasteiger partial charge in [0.2, 0.25) is 10.0 Å². The average Bonchev–Trinajstić information content (AvgIpc) is 2.97. The van der Waals surface area contributed by atoms with E-state index in [1.807, 2.05) is 30.3 Å². The maximum atomic E-state index is 12.9. The number of halogens is 4. The molecule has 2 N–H and O–H groups in total. The van der Waals surface area contributed by atoms with Gasteiger partial charge in [-0.1, -0.05) is 42.5 Å². The lowest BCUT2D eigenvalue weighted by Crippen LogP contribution is -2.32. The van der Waals surface area contributed by atoms with Crippen LogP contribution in [0.25, 0.3) is 0 Å². The van der Waals surface area contributed by atoms with Crippen molar-refractivity contribution in [1.29, 1.82) is 0 Å². The number of alkyl halides is 3. The first-order valence-corrected chi connectivity index (χ1v) is 9.28. The lowest BCUT2D eigenvalue weighted by atomic mass is 9.95. The predicted octanol–water partition coefficient (Wildman–Crippen LogP) is 3.12. The van der Waals surface area contributed by atoms with Gasteiger partial charge in [-0.15, -0.1) is 25.6 Å². The molecule has 10 heteroatoms. The lowest BCUT2D eigenvalue weighted by Gasteiger charge is -2.19. The van der Waals surface area contributed by atoms with Crippen LogP contribution in [0.15, 0.2) is 59.5 Å². The van der Waals surface area contributed by atoms with E-state index < -0.39 is 33.1 Å². The van der Waals surface area contributed by atoms with Crippen LogP contribution in [0.3, 0.4) is 0 Å². The Balaban J connectivity index is 0.00000261. The number of hydrogen-bond acceptors (Lipinski definition) is 4. The van der Waals surface area contributed by atoms with Crippen LogP contribution in [0, 0.1) is 0 Å². The van der Waals surface area contributed by atoms with E-state index in [2.05, 4.69) is 4.74 Å². The molecule has 2 atom stereocenters. The summed E-state index contributed by atoms with van der Waals surface area (Å²) in [6.45, 7) is 0.107. The average molecular weight is 423 g/mol. The van der Waals surface area contributed by atoms with Gasteiger partial charge in [-0.3, -0.25) is 0 Å². The van der Waals surface area contributed by atoms with E-state index in [-0.39, 0.29) is 31.4 Å². The van der Waals surface area contributed by atoms with Crippen LogP contribution in [0.1, 0.15) is 11.5 Å². The number of rotatable bonds is 4. The molecule has 0 saturated carbocycles. The standard InChI is InChI=1S/C17H17F3N2O3S.ClH/c18-17(19,20)25-15-8-4-5-9-16(15)26(23,24)22-10-13(14(21)11-22)12-6-2-1-3-7-12;/h1-9,13-14H,10-11,21H2;1H/t13-,14+;/m0./s1. The van der Waals surface area contributed by atoms with Crippen LogP contribution in [0.4, 0.5) is 13.2 Å². The zero-order valence-corrected chi connectivity index (χ0v) is 15.6. The van der Waals surface area contributed by atoms with Gasteiger partial charge in [0.05, 0.1) is 0 Å². The second-order valence-corrected chi connectivity index (χ2v) is 7.90. The van der Waals surface area contributed by atoms with Crippen molar-refractivity contribution >= 4 is 22.4 Å². The summed E-state index contributed by atoms with van der Waals surface area (Å²) in [4.78, 5) is -0.529. The summed E-state index contributed by atoms with van der Waals surface area (Å²) in [5, 5.41) is 0. The van der Waals surface area contributed by atoms with Gasteiger partial charge in [0.25, 0.3) is 0 Å². The van der Waals surface area contributed by atoms with E-state index in [4.69, 9.17) is 5.73 Å². The Labute approximate surface area is 161 Å². The summed E-state index contributed by atoms with van der Waals surface area (Å²) in [6, 6.07) is 13.4. The second-order valence-electron chi connectivity index (χ2n) is 6.00. The largest absolute Gasteiger partial charge is 0.573 e. The van der Waals surface area contributed by atoms with Crippen LogP contribution in [0.2, 0.25) is 0 Å². The van der Waals surface area contributed by atoms with Crippen molar-refractivity contribution in [3.63, 3.8) is 0 Å². The lowest BCUT2D eigenvalue weighted by molar-refractivity contribution is -0.275. The number of sulfonamides is 1. The third-order valence-corrected chi connectivity index (χ3v) is 6.12. The molecule has 5 nitrogen and oxygen atoms in total. The molecule has 2 aromatic rings. The Kier molecular flexibility index (Phi) is 6.41. The fourth-order valence-corrected chi connectivity index (χ4v) is 4.67. The quantitative estimate of drug-likeness (QED) is 0.821. The molecule has 0 aromatic heterocycles. The van der Waals surface area contributed by atoms with Gasteiger partial charge in [-0.25, -0.2) is 8.42 Å². The summed E-state index contributed by atoms with van der Waals surface area (Å²) in [5.41, 5.74) is 6.99. The van der Waals surface area contributed by atoms with E-state index in [9.17, 15) is 21.6 Å². The molecule has 1 heterocycles. The molecule has 0 bridgehead atoms. The maximum absolute atomic E-state index is 12.9. The molecule has 0 radical (unpaired) electrons. The highest BCUT2D eigenvalue weighted by Gasteiger charge is 2.41. The highest BCUT2D eigenvalue weighted by atomic mass is 35.5. The van der Waals surface area contributed by atoms with E-state index >= 15 is 0 Å². The maximum Gasteiger partial charge on any atom is 0.573 e. The van der Waals surface area contributed by atoms with Crippen molar-refractivity contribution < 1.29 is 26.3 Å². The molecule has 0 unspecified atom stereocenters. The normalized spacial score (nSPS) is 20.9. The van der Waals surface area contributed by atoms with E-state index in [1.54, 1.807) is 0 Å². The molecule has 148 valence electrons. The molecular weight excluding hydrogens is 405 g/mol. The Hall–Kier alpha value is -1.81. The van der Waals surface area contributed by atoms with Crippen molar-refractivity contribution in [2.75, 3.05) is 13.1 Å². The summed E-state index contributed by atoms with van der Waals surface area (Å²) >= 11 is 0. The zero-order valence-electron chi connectivity index (χ0n) is 14.0. The molecule has 27 heavy (non-hydrogen) atoms. The van der Waals surface area contributed by atoms with Crippen LogP contribution in [-0.4, -0.2) is 38.2 Å². The molecule has 3 rings (SSSR count). The van der Waals surface area contributed by atoms with Gasteiger partial charge in [0.15, 0.2) is 0 Å². The van der Waals surface area contributed by atoms with Crippen LogP contribution in [0.5, 0.6) is 5.75 Å². The Morgan fingerprint density at radius 3 is 2.22 bits per heavy atom. The fraction of sp³-hybridized carbons (Fsp3) is 0.294. The SMILES string of the molecule is Cl.N[C@@H]1CN(S(=O)(=O)c2ccccc2OC(F)(F)F)C[C@H]1c1ccccc1. The molecule has 1 saturated heterocycles. The molecular formula is C17H18ClF3N2O3S. The third-order valence-electron chi connectivity index (χ3n) is 4.25. The van der Waals surface area contributed by atoms with Gasteiger partial charge in [0, 0.05) is 25.0 Å². The van der Waals surface area contributed by atoms with Crippen molar-refractivity contribution in [2.45, 2.75) is 23.2 Å². The topological polar surface area (TPSA) is 72.6 Å². The number of benzene rings is 2. The Morgan fingerprint density at radius 1 is 1.00 bits per heavy atom. The molecule has 0 aliphatic carbocycles. The van der Waals surface area contributed by atoms with E-state index in [0.717, 1.165) is 22.0 Å². The minimum atomic E-state index is -4.99. The van der Waals surface area contributed by atoms with Gasteiger partial charge >= 0.3 is 6.36 Å². The third kappa shape index (κ3) is 4.73. The minimum Gasteiger partial charge on any atom is -0.404 e. The molecule has 0 spiro atoms. The van der Waals surface area contributed by atoms with Gasteiger partial charge < -0.3 is 10.5 Å². The number of para-hydroxylation sites is 1. The minimum absolute atomic E-state index is 0. The number of ether oxygens (including phenoxy) is 1.